The van der Waals surface area contributed by atoms with E-state index in [2.05, 4.69) is 10.00 Å². The van der Waals surface area contributed by atoms with Crippen molar-refractivity contribution in [3.63, 3.8) is 0 Å². The molecule has 0 aromatic carbocycles. The van der Waals surface area contributed by atoms with Crippen molar-refractivity contribution in [2.24, 2.45) is 0 Å². The van der Waals surface area contributed by atoms with E-state index in [1.54, 1.807) is 4.68 Å². The van der Waals surface area contributed by atoms with Gasteiger partial charge < -0.3 is 10.0 Å². The summed E-state index contributed by atoms with van der Waals surface area (Å²) in [6.07, 6.45) is 2.35. The Morgan fingerprint density at radius 2 is 2.19 bits per heavy atom. The van der Waals surface area contributed by atoms with Crippen molar-refractivity contribution >= 4 is 11.6 Å². The monoisotopic (exact) mass is 243 g/mol. The lowest BCUT2D eigenvalue weighted by molar-refractivity contribution is 0.280. The Labute approximate surface area is 101 Å². The molecule has 1 aliphatic carbocycles. The fourth-order valence-electron chi connectivity index (χ4n) is 1.77. The van der Waals surface area contributed by atoms with Gasteiger partial charge in [-0.25, -0.2) is 0 Å². The van der Waals surface area contributed by atoms with E-state index in [1.165, 1.54) is 12.8 Å². The first-order valence-electron chi connectivity index (χ1n) is 5.64. The summed E-state index contributed by atoms with van der Waals surface area (Å²) in [5.41, 5.74) is 1.83. The van der Waals surface area contributed by atoms with Crippen molar-refractivity contribution in [3.05, 3.63) is 16.4 Å². The van der Waals surface area contributed by atoms with Gasteiger partial charge in [-0.1, -0.05) is 11.6 Å². The summed E-state index contributed by atoms with van der Waals surface area (Å²) in [4.78, 5) is 2.09. The molecule has 5 heteroatoms. The number of hydrogen-bond acceptors (Lipinski definition) is 3. The van der Waals surface area contributed by atoms with E-state index in [1.807, 2.05) is 14.1 Å². The van der Waals surface area contributed by atoms with Crippen LogP contribution in [0, 0.1) is 0 Å². The molecular formula is C11H18ClN3O. The van der Waals surface area contributed by atoms with Gasteiger partial charge in [-0.3, -0.25) is 4.68 Å². The Morgan fingerprint density at radius 3 is 2.69 bits per heavy atom. The van der Waals surface area contributed by atoms with Crippen LogP contribution in [0.4, 0.5) is 0 Å². The smallest absolute Gasteiger partial charge is 0.132 e. The van der Waals surface area contributed by atoms with Gasteiger partial charge in [-0.05, 0) is 26.9 Å². The predicted molar refractivity (Wildman–Crippen MR) is 63.7 cm³/mol. The average molecular weight is 244 g/mol. The van der Waals surface area contributed by atoms with Crippen LogP contribution in [0.25, 0.3) is 0 Å². The van der Waals surface area contributed by atoms with Crippen LogP contribution in [0.15, 0.2) is 0 Å². The molecule has 0 atom stereocenters. The molecule has 90 valence electrons. The van der Waals surface area contributed by atoms with Crippen LogP contribution in [0.3, 0.4) is 0 Å². The Bertz CT molecular complexity index is 372. The van der Waals surface area contributed by atoms with Gasteiger partial charge in [-0.15, -0.1) is 0 Å². The number of likely N-dealkylation sites (N-methyl/N-ethyl adjacent to an activating group) is 1. The van der Waals surface area contributed by atoms with Gasteiger partial charge in [0.05, 0.1) is 18.8 Å². The maximum Gasteiger partial charge on any atom is 0.132 e. The van der Waals surface area contributed by atoms with E-state index >= 15 is 0 Å². The number of aromatic nitrogens is 2. The number of aliphatic hydroxyl groups excluding tert-OH is 1. The summed E-state index contributed by atoms with van der Waals surface area (Å²) in [6, 6.07) is 0. The molecule has 1 N–H and O–H groups in total. The van der Waals surface area contributed by atoms with Gasteiger partial charge in [0.2, 0.25) is 0 Å². The van der Waals surface area contributed by atoms with Crippen molar-refractivity contribution in [3.8, 4) is 0 Å². The minimum absolute atomic E-state index is 0.00731. The van der Waals surface area contributed by atoms with E-state index in [0.717, 1.165) is 24.3 Å². The maximum absolute atomic E-state index is 9.32. The molecule has 0 unspecified atom stereocenters. The minimum Gasteiger partial charge on any atom is -0.391 e. The SMILES string of the molecule is CN(C)CCn1nc(C2CC2)c(CO)c1Cl. The molecule has 0 bridgehead atoms. The van der Waals surface area contributed by atoms with Crippen molar-refractivity contribution in [2.75, 3.05) is 20.6 Å². The Balaban J connectivity index is 2.18. The third kappa shape index (κ3) is 2.39. The van der Waals surface area contributed by atoms with Gasteiger partial charge in [0.25, 0.3) is 0 Å². The Hall–Kier alpha value is -0.580. The lowest BCUT2D eigenvalue weighted by atomic mass is 10.2. The highest BCUT2D eigenvalue weighted by Gasteiger charge is 2.30. The zero-order chi connectivity index (χ0) is 11.7. The summed E-state index contributed by atoms with van der Waals surface area (Å²) < 4.78 is 1.81. The second-order valence-electron chi connectivity index (χ2n) is 4.61. The van der Waals surface area contributed by atoms with Gasteiger partial charge in [0.15, 0.2) is 0 Å². The van der Waals surface area contributed by atoms with Crippen molar-refractivity contribution < 1.29 is 5.11 Å². The van der Waals surface area contributed by atoms with E-state index in [4.69, 9.17) is 11.6 Å². The molecule has 4 nitrogen and oxygen atoms in total. The normalized spacial score (nSPS) is 16.1. The zero-order valence-electron chi connectivity index (χ0n) is 9.78. The Kier molecular flexibility index (Phi) is 3.52. The van der Waals surface area contributed by atoms with E-state index < -0.39 is 0 Å². The fourth-order valence-corrected chi connectivity index (χ4v) is 2.05. The van der Waals surface area contributed by atoms with Crippen LogP contribution in [-0.4, -0.2) is 40.4 Å². The van der Waals surface area contributed by atoms with Crippen LogP contribution in [0.5, 0.6) is 0 Å². The first-order valence-corrected chi connectivity index (χ1v) is 6.02. The molecule has 0 saturated heterocycles. The zero-order valence-corrected chi connectivity index (χ0v) is 10.5. The van der Waals surface area contributed by atoms with Crippen LogP contribution in [0.2, 0.25) is 5.15 Å². The van der Waals surface area contributed by atoms with Gasteiger partial charge in [0, 0.05) is 18.0 Å². The Morgan fingerprint density at radius 1 is 1.50 bits per heavy atom. The molecule has 1 aromatic rings. The number of halogens is 1. The van der Waals surface area contributed by atoms with Crippen LogP contribution in [-0.2, 0) is 13.2 Å². The first-order chi connectivity index (χ1) is 7.63. The topological polar surface area (TPSA) is 41.3 Å². The van der Waals surface area contributed by atoms with Crippen molar-refractivity contribution in [1.82, 2.24) is 14.7 Å². The molecule has 1 aliphatic rings. The standard InChI is InChI=1S/C11H18ClN3O/c1-14(2)5-6-15-11(12)9(7-16)10(13-15)8-3-4-8/h8,16H,3-7H2,1-2H3. The molecule has 1 fully saturated rings. The van der Waals surface area contributed by atoms with Crippen molar-refractivity contribution in [2.45, 2.75) is 31.9 Å². The molecule has 1 aromatic heterocycles. The summed E-state index contributed by atoms with van der Waals surface area (Å²) in [5.74, 6) is 0.528. The summed E-state index contributed by atoms with van der Waals surface area (Å²) in [6.45, 7) is 1.66. The molecule has 2 rings (SSSR count). The maximum atomic E-state index is 9.32. The van der Waals surface area contributed by atoms with Gasteiger partial charge in [0.1, 0.15) is 5.15 Å². The van der Waals surface area contributed by atoms with Crippen LogP contribution < -0.4 is 0 Å². The second kappa shape index (κ2) is 4.73. The van der Waals surface area contributed by atoms with Gasteiger partial charge >= 0.3 is 0 Å². The van der Waals surface area contributed by atoms with Crippen molar-refractivity contribution in [1.29, 1.82) is 0 Å². The number of hydrogen-bond donors (Lipinski definition) is 1. The largest absolute Gasteiger partial charge is 0.391 e. The first kappa shape index (κ1) is 11.9. The lowest BCUT2D eigenvalue weighted by Gasteiger charge is -2.09. The highest BCUT2D eigenvalue weighted by Crippen LogP contribution is 2.42. The molecule has 0 aliphatic heterocycles. The third-order valence-corrected chi connectivity index (χ3v) is 3.32. The quantitative estimate of drug-likeness (QED) is 0.852. The summed E-state index contributed by atoms with van der Waals surface area (Å²) in [7, 11) is 4.04. The molecular weight excluding hydrogens is 226 g/mol. The number of rotatable bonds is 5. The van der Waals surface area contributed by atoms with Crippen LogP contribution in [0.1, 0.15) is 30.0 Å². The molecule has 1 heterocycles. The van der Waals surface area contributed by atoms with E-state index in [-0.39, 0.29) is 6.61 Å². The molecule has 16 heavy (non-hydrogen) atoms. The number of nitrogens with zero attached hydrogens (tertiary/aromatic N) is 3. The third-order valence-electron chi connectivity index (χ3n) is 2.89. The van der Waals surface area contributed by atoms with E-state index in [0.29, 0.717) is 11.1 Å². The lowest BCUT2D eigenvalue weighted by Crippen LogP contribution is -2.19. The molecule has 0 spiro atoms. The second-order valence-corrected chi connectivity index (χ2v) is 4.97. The predicted octanol–water partition coefficient (Wildman–Crippen LogP) is 1.47. The van der Waals surface area contributed by atoms with E-state index in [9.17, 15) is 5.11 Å². The highest BCUT2D eigenvalue weighted by atomic mass is 35.5. The molecule has 0 radical (unpaired) electrons. The highest BCUT2D eigenvalue weighted by molar-refractivity contribution is 6.30. The van der Waals surface area contributed by atoms with Gasteiger partial charge in [-0.2, -0.15) is 5.10 Å². The average Bonchev–Trinajstić information content (AvgIpc) is 3.01. The molecule has 0 amide bonds. The summed E-state index contributed by atoms with van der Waals surface area (Å²) >= 11 is 6.21. The minimum atomic E-state index is -0.00731. The van der Waals surface area contributed by atoms with Crippen LogP contribution >= 0.6 is 11.6 Å². The fraction of sp³-hybridized carbons (Fsp3) is 0.727. The molecule has 1 saturated carbocycles. The number of aliphatic hydroxyl groups is 1. The summed E-state index contributed by atoms with van der Waals surface area (Å²) in [5, 5.41) is 14.4.